The number of hydrogen-bond acceptors (Lipinski definition) is 2. The van der Waals surface area contributed by atoms with Crippen molar-refractivity contribution in [3.05, 3.63) is 0 Å². The van der Waals surface area contributed by atoms with E-state index in [1.54, 1.807) is 0 Å². The Morgan fingerprint density at radius 1 is 1.38 bits per heavy atom. The van der Waals surface area contributed by atoms with E-state index in [9.17, 15) is 0 Å². The second-order valence-electron chi connectivity index (χ2n) is 2.55. The first-order valence-corrected chi connectivity index (χ1v) is 3.00. The van der Waals surface area contributed by atoms with Crippen LogP contribution in [-0.2, 0) is 4.84 Å². The third-order valence-corrected chi connectivity index (χ3v) is 1.50. The first-order valence-electron chi connectivity index (χ1n) is 3.00. The fourth-order valence-corrected chi connectivity index (χ4v) is 0.344. The lowest BCUT2D eigenvalue weighted by molar-refractivity contribution is 0.0913. The normalized spacial score (nSPS) is 14.6. The van der Waals surface area contributed by atoms with E-state index in [4.69, 9.17) is 5.90 Å². The summed E-state index contributed by atoms with van der Waals surface area (Å²) in [5.41, 5.74) is 0. The maximum atomic E-state index is 4.87. The molecule has 0 bridgehead atoms. The van der Waals surface area contributed by atoms with Gasteiger partial charge in [0.15, 0.2) is 0 Å². The molecule has 1 atom stereocenters. The quantitative estimate of drug-likeness (QED) is 0.563. The van der Waals surface area contributed by atoms with Crippen molar-refractivity contribution in [2.45, 2.75) is 20.8 Å². The zero-order valence-corrected chi connectivity index (χ0v) is 5.85. The zero-order valence-electron chi connectivity index (χ0n) is 5.85. The zero-order chi connectivity index (χ0) is 6.57. The summed E-state index contributed by atoms with van der Waals surface area (Å²) in [5, 5.41) is 0. The highest BCUT2D eigenvalue weighted by atomic mass is 16.6. The smallest absolute Gasteiger partial charge is 0.0707 e. The summed E-state index contributed by atoms with van der Waals surface area (Å²) in [7, 11) is 0. The second-order valence-corrected chi connectivity index (χ2v) is 2.55. The molecule has 0 aliphatic heterocycles. The molecule has 0 aliphatic rings. The molecular weight excluding hydrogens is 102 g/mol. The summed E-state index contributed by atoms with van der Waals surface area (Å²) in [6.45, 7) is 7.10. The van der Waals surface area contributed by atoms with Crippen molar-refractivity contribution < 1.29 is 4.84 Å². The summed E-state index contributed by atoms with van der Waals surface area (Å²) >= 11 is 0. The van der Waals surface area contributed by atoms with Gasteiger partial charge < -0.3 is 4.84 Å². The molecule has 0 rings (SSSR count). The maximum Gasteiger partial charge on any atom is 0.0707 e. The van der Waals surface area contributed by atoms with Crippen molar-refractivity contribution >= 4 is 0 Å². The standard InChI is InChI=1S/C6H15NO/c1-5(2)6(3)4-8-7/h5-6H,4,7H2,1-3H3. The van der Waals surface area contributed by atoms with Crippen LogP contribution in [-0.4, -0.2) is 6.61 Å². The Labute approximate surface area is 51.0 Å². The lowest BCUT2D eigenvalue weighted by Crippen LogP contribution is -2.14. The van der Waals surface area contributed by atoms with Crippen molar-refractivity contribution in [1.29, 1.82) is 0 Å². The molecule has 0 amide bonds. The van der Waals surface area contributed by atoms with E-state index in [-0.39, 0.29) is 0 Å². The predicted octanol–water partition coefficient (Wildman–Crippen LogP) is 1.17. The van der Waals surface area contributed by atoms with E-state index >= 15 is 0 Å². The number of rotatable bonds is 3. The molecule has 2 N–H and O–H groups in total. The van der Waals surface area contributed by atoms with E-state index in [0.29, 0.717) is 18.4 Å². The van der Waals surface area contributed by atoms with Crippen molar-refractivity contribution in [2.24, 2.45) is 17.7 Å². The average molecular weight is 117 g/mol. The van der Waals surface area contributed by atoms with Crippen molar-refractivity contribution in [3.63, 3.8) is 0 Å². The summed E-state index contributed by atoms with van der Waals surface area (Å²) in [4.78, 5) is 4.46. The number of nitrogens with two attached hydrogens (primary N) is 1. The van der Waals surface area contributed by atoms with E-state index < -0.39 is 0 Å². The summed E-state index contributed by atoms with van der Waals surface area (Å²) in [6.07, 6.45) is 0. The molecular formula is C6H15NO. The van der Waals surface area contributed by atoms with Crippen LogP contribution in [0.3, 0.4) is 0 Å². The monoisotopic (exact) mass is 117 g/mol. The van der Waals surface area contributed by atoms with Gasteiger partial charge in [-0.25, -0.2) is 5.90 Å². The fourth-order valence-electron chi connectivity index (χ4n) is 0.344. The van der Waals surface area contributed by atoms with E-state index in [0.717, 1.165) is 0 Å². The van der Waals surface area contributed by atoms with Crippen LogP contribution in [0, 0.1) is 11.8 Å². The van der Waals surface area contributed by atoms with Crippen molar-refractivity contribution in [2.75, 3.05) is 6.61 Å². The van der Waals surface area contributed by atoms with Gasteiger partial charge in [-0.15, -0.1) is 0 Å². The highest BCUT2D eigenvalue weighted by Crippen LogP contribution is 2.07. The molecule has 0 radical (unpaired) electrons. The van der Waals surface area contributed by atoms with Crippen LogP contribution in [0.1, 0.15) is 20.8 Å². The second kappa shape index (κ2) is 3.87. The lowest BCUT2D eigenvalue weighted by Gasteiger charge is -2.12. The maximum absolute atomic E-state index is 4.87. The molecule has 0 spiro atoms. The minimum atomic E-state index is 0.569. The Morgan fingerprint density at radius 2 is 1.88 bits per heavy atom. The SMILES string of the molecule is CC(C)C(C)CON. The summed E-state index contributed by atoms with van der Waals surface area (Å²) in [5.74, 6) is 6.10. The predicted molar refractivity (Wildman–Crippen MR) is 34.1 cm³/mol. The molecule has 2 nitrogen and oxygen atoms in total. The van der Waals surface area contributed by atoms with Gasteiger partial charge in [0.2, 0.25) is 0 Å². The van der Waals surface area contributed by atoms with Crippen LogP contribution >= 0.6 is 0 Å². The van der Waals surface area contributed by atoms with Crippen molar-refractivity contribution in [1.82, 2.24) is 0 Å². The van der Waals surface area contributed by atoms with Gasteiger partial charge in [-0.1, -0.05) is 20.8 Å². The molecule has 8 heavy (non-hydrogen) atoms. The van der Waals surface area contributed by atoms with Crippen LogP contribution in [0.15, 0.2) is 0 Å². The van der Waals surface area contributed by atoms with Crippen LogP contribution < -0.4 is 5.90 Å². The van der Waals surface area contributed by atoms with Gasteiger partial charge in [0.25, 0.3) is 0 Å². The summed E-state index contributed by atoms with van der Waals surface area (Å²) < 4.78 is 0. The molecule has 0 aliphatic carbocycles. The summed E-state index contributed by atoms with van der Waals surface area (Å²) in [6, 6.07) is 0. The van der Waals surface area contributed by atoms with Gasteiger partial charge in [-0.3, -0.25) is 0 Å². The van der Waals surface area contributed by atoms with Gasteiger partial charge in [-0.2, -0.15) is 0 Å². The van der Waals surface area contributed by atoms with Crippen LogP contribution in [0.2, 0.25) is 0 Å². The third-order valence-electron chi connectivity index (χ3n) is 1.50. The Balaban J connectivity index is 3.17. The molecule has 0 saturated carbocycles. The van der Waals surface area contributed by atoms with Gasteiger partial charge >= 0.3 is 0 Å². The molecule has 50 valence electrons. The molecule has 0 saturated heterocycles. The first-order chi connectivity index (χ1) is 3.68. The van der Waals surface area contributed by atoms with Gasteiger partial charge in [-0.05, 0) is 11.8 Å². The topological polar surface area (TPSA) is 35.2 Å². The van der Waals surface area contributed by atoms with Gasteiger partial charge in [0.1, 0.15) is 0 Å². The fraction of sp³-hybridized carbons (Fsp3) is 1.00. The largest absolute Gasteiger partial charge is 0.304 e. The van der Waals surface area contributed by atoms with Crippen LogP contribution in [0.5, 0.6) is 0 Å². The molecule has 1 unspecified atom stereocenters. The highest BCUT2D eigenvalue weighted by molar-refractivity contribution is 4.53. The Hall–Kier alpha value is -0.0800. The minimum Gasteiger partial charge on any atom is -0.304 e. The minimum absolute atomic E-state index is 0.569. The molecule has 0 aromatic rings. The number of hydrogen-bond donors (Lipinski definition) is 1. The molecule has 2 heteroatoms. The Kier molecular flexibility index (Phi) is 3.83. The van der Waals surface area contributed by atoms with E-state index in [1.165, 1.54) is 0 Å². The molecule has 0 aromatic heterocycles. The van der Waals surface area contributed by atoms with E-state index in [2.05, 4.69) is 25.6 Å². The average Bonchev–Trinajstić information content (AvgIpc) is 1.67. The highest BCUT2D eigenvalue weighted by Gasteiger charge is 2.04. The van der Waals surface area contributed by atoms with Crippen molar-refractivity contribution in [3.8, 4) is 0 Å². The third kappa shape index (κ3) is 2.99. The molecule has 0 aromatic carbocycles. The first kappa shape index (κ1) is 7.92. The Morgan fingerprint density at radius 3 is 2.00 bits per heavy atom. The molecule has 0 heterocycles. The molecule has 0 fully saturated rings. The Bertz CT molecular complexity index is 54.5. The van der Waals surface area contributed by atoms with E-state index in [1.807, 2.05) is 0 Å². The lowest BCUT2D eigenvalue weighted by atomic mass is 10.00. The van der Waals surface area contributed by atoms with Crippen LogP contribution in [0.25, 0.3) is 0 Å². The van der Waals surface area contributed by atoms with Crippen LogP contribution in [0.4, 0.5) is 0 Å². The van der Waals surface area contributed by atoms with Gasteiger partial charge in [0, 0.05) is 0 Å². The van der Waals surface area contributed by atoms with Gasteiger partial charge in [0.05, 0.1) is 6.61 Å².